The van der Waals surface area contributed by atoms with Gasteiger partial charge < -0.3 is 5.21 Å². The van der Waals surface area contributed by atoms with Crippen molar-refractivity contribution in [2.45, 2.75) is 25.6 Å². The van der Waals surface area contributed by atoms with Crippen molar-refractivity contribution in [3.05, 3.63) is 71.5 Å². The fourth-order valence-corrected chi connectivity index (χ4v) is 2.62. The number of benzene rings is 2. The van der Waals surface area contributed by atoms with E-state index in [1.165, 1.54) is 17.2 Å². The lowest BCUT2D eigenvalue weighted by molar-refractivity contribution is -0.159. The molecule has 4 heteroatoms. The fourth-order valence-electron chi connectivity index (χ4n) is 2.62. The highest BCUT2D eigenvalue weighted by atomic mass is 19.1. The molecule has 1 heterocycles. The molecule has 0 aliphatic carbocycles. The Morgan fingerprint density at radius 1 is 1.05 bits per heavy atom. The van der Waals surface area contributed by atoms with Crippen LogP contribution in [0.1, 0.15) is 31.1 Å². The maximum Gasteiger partial charge on any atom is 0.151 e. The quantitative estimate of drug-likeness (QED) is 0.910. The Hall–Kier alpha value is -2.04. The van der Waals surface area contributed by atoms with E-state index in [2.05, 4.69) is 4.99 Å². The highest BCUT2D eigenvalue weighted by molar-refractivity contribution is 6.07. The number of aliphatic imine (C=N–C) groups is 1. The molecule has 108 valence electrons. The topological polar surface area (TPSA) is 35.8 Å². The Morgan fingerprint density at radius 2 is 1.67 bits per heavy atom. The maximum atomic E-state index is 13.1. The molecule has 0 amide bonds. The number of hydroxylamine groups is 2. The smallest absolute Gasteiger partial charge is 0.151 e. The lowest BCUT2D eigenvalue weighted by Crippen LogP contribution is -2.44. The van der Waals surface area contributed by atoms with E-state index in [1.54, 1.807) is 12.1 Å². The summed E-state index contributed by atoms with van der Waals surface area (Å²) in [5, 5.41) is 11.7. The average molecular weight is 284 g/mol. The molecular formula is C17H17FN2O. The van der Waals surface area contributed by atoms with E-state index in [9.17, 15) is 9.60 Å². The lowest BCUT2D eigenvalue weighted by Gasteiger charge is -2.30. The van der Waals surface area contributed by atoms with Gasteiger partial charge in [0.15, 0.2) is 6.17 Å². The largest absolute Gasteiger partial charge is 0.311 e. The number of halogens is 1. The van der Waals surface area contributed by atoms with Crippen LogP contribution in [0.2, 0.25) is 0 Å². The third-order valence-electron chi connectivity index (χ3n) is 3.85. The summed E-state index contributed by atoms with van der Waals surface area (Å²) in [6, 6.07) is 15.8. The molecule has 21 heavy (non-hydrogen) atoms. The van der Waals surface area contributed by atoms with Crippen LogP contribution >= 0.6 is 0 Å². The minimum Gasteiger partial charge on any atom is -0.311 e. The first-order valence-electron chi connectivity index (χ1n) is 6.87. The summed E-state index contributed by atoms with van der Waals surface area (Å²) >= 11 is 0. The van der Waals surface area contributed by atoms with Crippen molar-refractivity contribution in [2.24, 2.45) is 4.99 Å². The molecule has 3 nitrogen and oxygen atoms in total. The van der Waals surface area contributed by atoms with E-state index in [0.29, 0.717) is 0 Å². The molecule has 0 fully saturated rings. The van der Waals surface area contributed by atoms with Gasteiger partial charge in [0.05, 0.1) is 11.3 Å². The Bertz CT molecular complexity index is 665. The molecular weight excluding hydrogens is 267 g/mol. The Labute approximate surface area is 123 Å². The summed E-state index contributed by atoms with van der Waals surface area (Å²) < 4.78 is 13.1. The van der Waals surface area contributed by atoms with Gasteiger partial charge in [0.25, 0.3) is 0 Å². The predicted octanol–water partition coefficient (Wildman–Crippen LogP) is 3.80. The SMILES string of the molecule is CC1(C)C(c2ccccc2)=NC(c2ccc(F)cc2)N1O. The second-order valence-electron chi connectivity index (χ2n) is 5.67. The van der Waals surface area contributed by atoms with Gasteiger partial charge in [-0.2, -0.15) is 5.06 Å². The highest BCUT2D eigenvalue weighted by Crippen LogP contribution is 2.37. The first-order valence-corrected chi connectivity index (χ1v) is 6.87. The molecule has 0 spiro atoms. The molecule has 3 rings (SSSR count). The first-order chi connectivity index (χ1) is 10.00. The van der Waals surface area contributed by atoms with Gasteiger partial charge in [0.2, 0.25) is 0 Å². The van der Waals surface area contributed by atoms with Gasteiger partial charge in [-0.25, -0.2) is 4.39 Å². The maximum absolute atomic E-state index is 13.1. The van der Waals surface area contributed by atoms with Gasteiger partial charge in [-0.15, -0.1) is 0 Å². The van der Waals surface area contributed by atoms with Gasteiger partial charge in [-0.05, 0) is 37.1 Å². The predicted molar refractivity (Wildman–Crippen MR) is 79.8 cm³/mol. The molecule has 1 aliphatic rings. The second kappa shape index (κ2) is 5.06. The standard InChI is InChI=1S/C17H17FN2O/c1-17(2)15(12-6-4-3-5-7-12)19-16(20(17)21)13-8-10-14(18)11-9-13/h3-11,16,21H,1-2H3. The molecule has 1 aliphatic heterocycles. The number of hydrogen-bond donors (Lipinski definition) is 1. The molecule has 0 saturated carbocycles. The van der Waals surface area contributed by atoms with E-state index < -0.39 is 11.7 Å². The zero-order chi connectivity index (χ0) is 15.0. The minimum atomic E-state index is -0.611. The fraction of sp³-hybridized carbons (Fsp3) is 0.235. The summed E-state index contributed by atoms with van der Waals surface area (Å²) in [7, 11) is 0. The number of rotatable bonds is 2. The molecule has 2 aromatic carbocycles. The summed E-state index contributed by atoms with van der Waals surface area (Å²) in [6.45, 7) is 3.84. The van der Waals surface area contributed by atoms with Crippen LogP contribution in [0.4, 0.5) is 4.39 Å². The van der Waals surface area contributed by atoms with E-state index in [-0.39, 0.29) is 5.82 Å². The van der Waals surface area contributed by atoms with Crippen molar-refractivity contribution in [3.8, 4) is 0 Å². The molecule has 0 aromatic heterocycles. The first kappa shape index (κ1) is 13.9. The van der Waals surface area contributed by atoms with Crippen molar-refractivity contribution in [2.75, 3.05) is 0 Å². The van der Waals surface area contributed by atoms with Gasteiger partial charge >= 0.3 is 0 Å². The molecule has 1 N–H and O–H groups in total. The van der Waals surface area contributed by atoms with Crippen molar-refractivity contribution in [3.63, 3.8) is 0 Å². The third-order valence-corrected chi connectivity index (χ3v) is 3.85. The Balaban J connectivity index is 2.04. The molecule has 0 radical (unpaired) electrons. The van der Waals surface area contributed by atoms with E-state index in [1.807, 2.05) is 44.2 Å². The molecule has 1 unspecified atom stereocenters. The zero-order valence-electron chi connectivity index (χ0n) is 12.0. The van der Waals surface area contributed by atoms with Crippen LogP contribution in [0.3, 0.4) is 0 Å². The van der Waals surface area contributed by atoms with Crippen LogP contribution in [0.25, 0.3) is 0 Å². The van der Waals surface area contributed by atoms with Gasteiger partial charge in [0.1, 0.15) is 5.82 Å². The van der Waals surface area contributed by atoms with Crippen molar-refractivity contribution < 1.29 is 9.60 Å². The Morgan fingerprint density at radius 3 is 2.29 bits per heavy atom. The normalized spacial score (nSPS) is 21.3. The van der Waals surface area contributed by atoms with Gasteiger partial charge in [-0.1, -0.05) is 42.5 Å². The van der Waals surface area contributed by atoms with Crippen molar-refractivity contribution in [1.82, 2.24) is 5.06 Å². The van der Waals surface area contributed by atoms with Gasteiger partial charge in [0, 0.05) is 0 Å². The molecule has 0 saturated heterocycles. The van der Waals surface area contributed by atoms with E-state index in [4.69, 9.17) is 0 Å². The monoisotopic (exact) mass is 284 g/mol. The number of hydrogen-bond acceptors (Lipinski definition) is 3. The summed E-state index contributed by atoms with van der Waals surface area (Å²) in [5.41, 5.74) is 1.95. The van der Waals surface area contributed by atoms with Gasteiger partial charge in [-0.3, -0.25) is 4.99 Å². The Kier molecular flexibility index (Phi) is 3.35. The van der Waals surface area contributed by atoms with Crippen LogP contribution in [0.5, 0.6) is 0 Å². The van der Waals surface area contributed by atoms with Crippen molar-refractivity contribution >= 4 is 5.71 Å². The third kappa shape index (κ3) is 2.37. The van der Waals surface area contributed by atoms with Crippen LogP contribution in [-0.2, 0) is 0 Å². The number of nitrogens with zero attached hydrogens (tertiary/aromatic N) is 2. The minimum absolute atomic E-state index is 0.298. The average Bonchev–Trinajstić information content (AvgIpc) is 2.72. The molecule has 2 aromatic rings. The lowest BCUT2D eigenvalue weighted by atomic mass is 9.93. The molecule has 0 bridgehead atoms. The van der Waals surface area contributed by atoms with Crippen molar-refractivity contribution in [1.29, 1.82) is 0 Å². The van der Waals surface area contributed by atoms with E-state index >= 15 is 0 Å². The van der Waals surface area contributed by atoms with E-state index in [0.717, 1.165) is 16.8 Å². The second-order valence-corrected chi connectivity index (χ2v) is 5.67. The van der Waals surface area contributed by atoms with Crippen LogP contribution in [0.15, 0.2) is 59.6 Å². The van der Waals surface area contributed by atoms with Crippen LogP contribution in [0, 0.1) is 5.82 Å². The highest BCUT2D eigenvalue weighted by Gasteiger charge is 2.43. The summed E-state index contributed by atoms with van der Waals surface area (Å²) in [5.74, 6) is -0.298. The zero-order valence-corrected chi connectivity index (χ0v) is 12.0. The van der Waals surface area contributed by atoms with Crippen LogP contribution in [-0.4, -0.2) is 21.5 Å². The summed E-state index contributed by atoms with van der Waals surface area (Å²) in [4.78, 5) is 4.66. The summed E-state index contributed by atoms with van der Waals surface area (Å²) in [6.07, 6.45) is -0.518. The van der Waals surface area contributed by atoms with Crippen LogP contribution < -0.4 is 0 Å². The molecule has 1 atom stereocenters.